The van der Waals surface area contributed by atoms with E-state index in [1.54, 1.807) is 12.1 Å². The lowest BCUT2D eigenvalue weighted by molar-refractivity contribution is 0.0725. The molecule has 3 rings (SSSR count). The van der Waals surface area contributed by atoms with Crippen LogP contribution in [-0.4, -0.2) is 11.6 Å². The number of hydrogen-bond donors (Lipinski definition) is 0. The highest BCUT2D eigenvalue weighted by Gasteiger charge is 2.41. The highest BCUT2D eigenvalue weighted by molar-refractivity contribution is 6.16. The number of hydrogen-bond acceptors (Lipinski definition) is 2. The van der Waals surface area contributed by atoms with Crippen LogP contribution in [0.25, 0.3) is 0 Å². The molecular weight excluding hydrogens is 212 g/mol. The Hall–Kier alpha value is -1.70. The minimum Gasteiger partial charge on any atom is -0.294 e. The van der Waals surface area contributed by atoms with E-state index in [-0.39, 0.29) is 23.4 Å². The Morgan fingerprint density at radius 3 is 2.24 bits per heavy atom. The average molecular weight is 226 g/mol. The molecule has 0 radical (unpaired) electrons. The van der Waals surface area contributed by atoms with Crippen molar-refractivity contribution in [3.8, 4) is 0 Å². The lowest BCUT2D eigenvalue weighted by Gasteiger charge is -2.33. The molecule has 0 aromatic heterocycles. The van der Waals surface area contributed by atoms with Gasteiger partial charge in [0.25, 0.3) is 0 Å². The van der Waals surface area contributed by atoms with E-state index in [1.807, 2.05) is 19.1 Å². The zero-order valence-electron chi connectivity index (χ0n) is 9.77. The van der Waals surface area contributed by atoms with Crippen molar-refractivity contribution in [3.63, 3.8) is 0 Å². The zero-order chi connectivity index (χ0) is 12.0. The fourth-order valence-electron chi connectivity index (χ4n) is 2.94. The van der Waals surface area contributed by atoms with Crippen molar-refractivity contribution >= 4 is 11.6 Å². The van der Waals surface area contributed by atoms with Gasteiger partial charge in [0.2, 0.25) is 0 Å². The van der Waals surface area contributed by atoms with Gasteiger partial charge in [0.05, 0.1) is 0 Å². The number of rotatable bonds is 0. The number of fused-ring (bicyclic) bond motifs is 2. The summed E-state index contributed by atoms with van der Waals surface area (Å²) in [5, 5.41) is 0. The number of carbonyl (C=O) groups is 2. The second-order valence-electron chi connectivity index (χ2n) is 4.98. The number of Topliss-reactive ketones (excluding diaryl/α,β-unsaturated/α-hetero) is 2. The molecule has 2 aliphatic rings. The molecule has 2 nitrogen and oxygen atoms in total. The standard InChI is InChI=1S/C15H14O2/c1-9-6-7-12-13(8-9)15(17)11-5-3-2-4-10(11)14(12)16/h2-6,12-13H,7-8H2,1H3/t12-,13+/m1/s1. The predicted molar refractivity (Wildman–Crippen MR) is 65.1 cm³/mol. The zero-order valence-corrected chi connectivity index (χ0v) is 9.77. The topological polar surface area (TPSA) is 34.1 Å². The average Bonchev–Trinajstić information content (AvgIpc) is 2.36. The monoisotopic (exact) mass is 226 g/mol. The molecular formula is C15H14O2. The van der Waals surface area contributed by atoms with Crippen molar-refractivity contribution in [3.05, 3.63) is 47.0 Å². The molecule has 0 saturated carbocycles. The van der Waals surface area contributed by atoms with E-state index in [4.69, 9.17) is 0 Å². The molecule has 0 spiro atoms. The minimum absolute atomic E-state index is 0.123. The van der Waals surface area contributed by atoms with Crippen molar-refractivity contribution in [1.82, 2.24) is 0 Å². The van der Waals surface area contributed by atoms with Crippen LogP contribution in [0.2, 0.25) is 0 Å². The number of allylic oxidation sites excluding steroid dienone is 2. The molecule has 0 aliphatic heterocycles. The molecule has 17 heavy (non-hydrogen) atoms. The van der Waals surface area contributed by atoms with E-state index < -0.39 is 0 Å². The lowest BCUT2D eigenvalue weighted by Crippen LogP contribution is -2.38. The fraction of sp³-hybridized carbons (Fsp3) is 0.333. The van der Waals surface area contributed by atoms with Crippen LogP contribution < -0.4 is 0 Å². The molecule has 0 saturated heterocycles. The summed E-state index contributed by atoms with van der Waals surface area (Å²) < 4.78 is 0. The molecule has 0 unspecified atom stereocenters. The van der Waals surface area contributed by atoms with Crippen LogP contribution in [0.15, 0.2) is 35.9 Å². The first kappa shape index (κ1) is 10.5. The third kappa shape index (κ3) is 1.47. The molecule has 2 atom stereocenters. The van der Waals surface area contributed by atoms with Crippen molar-refractivity contribution in [2.24, 2.45) is 11.8 Å². The Labute approximate surface area is 100 Å². The molecule has 2 heteroatoms. The summed E-state index contributed by atoms with van der Waals surface area (Å²) in [6, 6.07) is 7.21. The molecule has 86 valence electrons. The second kappa shape index (κ2) is 3.66. The number of carbonyl (C=O) groups excluding carboxylic acids is 2. The maximum absolute atomic E-state index is 12.4. The third-order valence-corrected chi connectivity index (χ3v) is 3.88. The van der Waals surface area contributed by atoms with Crippen LogP contribution in [0.5, 0.6) is 0 Å². The van der Waals surface area contributed by atoms with E-state index in [1.165, 1.54) is 5.57 Å². The normalized spacial score (nSPS) is 27.2. The number of benzene rings is 1. The minimum atomic E-state index is -0.124. The summed E-state index contributed by atoms with van der Waals surface area (Å²) in [7, 11) is 0. The lowest BCUT2D eigenvalue weighted by atomic mass is 9.68. The van der Waals surface area contributed by atoms with Gasteiger partial charge in [-0.25, -0.2) is 0 Å². The summed E-state index contributed by atoms with van der Waals surface area (Å²) in [4.78, 5) is 24.7. The quantitative estimate of drug-likeness (QED) is 0.637. The van der Waals surface area contributed by atoms with Crippen LogP contribution in [-0.2, 0) is 0 Å². The van der Waals surface area contributed by atoms with E-state index in [0.717, 1.165) is 12.8 Å². The predicted octanol–water partition coefficient (Wildman–Crippen LogP) is 3.04. The van der Waals surface area contributed by atoms with Gasteiger partial charge in [0.1, 0.15) is 0 Å². The van der Waals surface area contributed by atoms with Gasteiger partial charge in [-0.3, -0.25) is 9.59 Å². The van der Waals surface area contributed by atoms with E-state index >= 15 is 0 Å². The van der Waals surface area contributed by atoms with E-state index in [0.29, 0.717) is 11.1 Å². The summed E-state index contributed by atoms with van der Waals surface area (Å²) in [5.41, 5.74) is 2.46. The summed E-state index contributed by atoms with van der Waals surface area (Å²) >= 11 is 0. The molecule has 2 aliphatic carbocycles. The SMILES string of the molecule is CC1=CC[C@H]2C(=O)c3ccccc3C(=O)[C@H]2C1. The van der Waals surface area contributed by atoms with Crippen LogP contribution in [0, 0.1) is 11.8 Å². The molecule has 1 aromatic rings. The van der Waals surface area contributed by atoms with Crippen LogP contribution >= 0.6 is 0 Å². The molecule has 0 amide bonds. The Morgan fingerprint density at radius 2 is 1.59 bits per heavy atom. The highest BCUT2D eigenvalue weighted by atomic mass is 16.1. The largest absolute Gasteiger partial charge is 0.294 e. The van der Waals surface area contributed by atoms with Crippen molar-refractivity contribution in [2.45, 2.75) is 19.8 Å². The summed E-state index contributed by atoms with van der Waals surface area (Å²) in [6.45, 7) is 2.04. The Morgan fingerprint density at radius 1 is 1.00 bits per heavy atom. The van der Waals surface area contributed by atoms with Crippen molar-refractivity contribution in [1.29, 1.82) is 0 Å². The summed E-state index contributed by atoms with van der Waals surface area (Å²) in [6.07, 6.45) is 3.55. The van der Waals surface area contributed by atoms with Gasteiger partial charge < -0.3 is 0 Å². The van der Waals surface area contributed by atoms with E-state index in [2.05, 4.69) is 6.08 Å². The van der Waals surface area contributed by atoms with Crippen LogP contribution in [0.3, 0.4) is 0 Å². The maximum atomic E-state index is 12.4. The first-order valence-electron chi connectivity index (χ1n) is 6.01. The van der Waals surface area contributed by atoms with Crippen molar-refractivity contribution < 1.29 is 9.59 Å². The molecule has 1 aromatic carbocycles. The third-order valence-electron chi connectivity index (χ3n) is 3.88. The van der Waals surface area contributed by atoms with Gasteiger partial charge >= 0.3 is 0 Å². The smallest absolute Gasteiger partial charge is 0.167 e. The van der Waals surface area contributed by atoms with E-state index in [9.17, 15) is 9.59 Å². The molecule has 0 heterocycles. The maximum Gasteiger partial charge on any atom is 0.167 e. The molecule has 0 fully saturated rings. The first-order valence-corrected chi connectivity index (χ1v) is 6.01. The Balaban J connectivity index is 2.12. The van der Waals surface area contributed by atoms with Crippen molar-refractivity contribution in [2.75, 3.05) is 0 Å². The van der Waals surface area contributed by atoms with Gasteiger partial charge in [0, 0.05) is 23.0 Å². The van der Waals surface area contributed by atoms with Gasteiger partial charge in [-0.2, -0.15) is 0 Å². The first-order chi connectivity index (χ1) is 8.18. The summed E-state index contributed by atoms with van der Waals surface area (Å²) in [5.74, 6) is 0.0510. The van der Waals surface area contributed by atoms with Gasteiger partial charge in [-0.05, 0) is 19.8 Å². The number of ketones is 2. The van der Waals surface area contributed by atoms with Gasteiger partial charge in [0.15, 0.2) is 11.6 Å². The molecule has 0 N–H and O–H groups in total. The molecule has 0 bridgehead atoms. The van der Waals surface area contributed by atoms with Gasteiger partial charge in [-0.1, -0.05) is 35.9 Å². The Kier molecular flexibility index (Phi) is 2.25. The van der Waals surface area contributed by atoms with Crippen LogP contribution in [0.4, 0.5) is 0 Å². The highest BCUT2D eigenvalue weighted by Crippen LogP contribution is 2.38. The fourth-order valence-corrected chi connectivity index (χ4v) is 2.94. The van der Waals surface area contributed by atoms with Crippen LogP contribution in [0.1, 0.15) is 40.5 Å². The van der Waals surface area contributed by atoms with Gasteiger partial charge in [-0.15, -0.1) is 0 Å². The Bertz CT molecular complexity index is 540. The second-order valence-corrected chi connectivity index (χ2v) is 4.98.